The molecule has 2 aromatic heterocycles. The van der Waals surface area contributed by atoms with Crippen LogP contribution in [0, 0.1) is 0 Å². The van der Waals surface area contributed by atoms with Gasteiger partial charge in [0.25, 0.3) is 5.89 Å². The first-order chi connectivity index (χ1) is 11.1. The molecule has 0 saturated carbocycles. The van der Waals surface area contributed by atoms with E-state index in [-0.39, 0.29) is 5.89 Å². The van der Waals surface area contributed by atoms with E-state index in [1.165, 1.54) is 5.56 Å². The zero-order valence-corrected chi connectivity index (χ0v) is 13.7. The Hall–Kier alpha value is -2.12. The average Bonchev–Trinajstić information content (AvgIpc) is 3.07. The SMILES string of the molecule is OC1(c2nc(-c3cnccn3)no2)CCc2cc(Br)ccc2C1. The van der Waals surface area contributed by atoms with Gasteiger partial charge < -0.3 is 9.63 Å². The van der Waals surface area contributed by atoms with E-state index in [1.54, 1.807) is 18.6 Å². The number of hydrogen-bond acceptors (Lipinski definition) is 6. The van der Waals surface area contributed by atoms with Crippen molar-refractivity contribution in [3.8, 4) is 11.5 Å². The molecule has 2 heterocycles. The van der Waals surface area contributed by atoms with Crippen molar-refractivity contribution in [2.75, 3.05) is 0 Å². The molecule has 7 heteroatoms. The fourth-order valence-corrected chi connectivity index (χ4v) is 3.27. The van der Waals surface area contributed by atoms with E-state index in [2.05, 4.69) is 42.1 Å². The van der Waals surface area contributed by atoms with Gasteiger partial charge in [-0.3, -0.25) is 4.98 Å². The summed E-state index contributed by atoms with van der Waals surface area (Å²) in [7, 11) is 0. The minimum Gasteiger partial charge on any atom is -0.380 e. The highest BCUT2D eigenvalue weighted by Gasteiger charge is 2.39. The quantitative estimate of drug-likeness (QED) is 0.744. The third-order valence-corrected chi connectivity index (χ3v) is 4.57. The van der Waals surface area contributed by atoms with Crippen molar-refractivity contribution in [2.24, 2.45) is 0 Å². The Morgan fingerprint density at radius 1 is 1.22 bits per heavy atom. The van der Waals surface area contributed by atoms with Gasteiger partial charge in [0.05, 0.1) is 6.20 Å². The molecular formula is C16H13BrN4O2. The van der Waals surface area contributed by atoms with Gasteiger partial charge in [0.15, 0.2) is 0 Å². The Kier molecular flexibility index (Phi) is 3.46. The first kappa shape index (κ1) is 14.5. The molecule has 0 spiro atoms. The molecule has 0 aliphatic heterocycles. The van der Waals surface area contributed by atoms with Crippen LogP contribution in [0.2, 0.25) is 0 Å². The molecule has 1 N–H and O–H groups in total. The molecule has 1 unspecified atom stereocenters. The predicted molar refractivity (Wildman–Crippen MR) is 85.4 cm³/mol. The van der Waals surface area contributed by atoms with E-state index in [4.69, 9.17) is 4.52 Å². The Labute approximate surface area is 140 Å². The van der Waals surface area contributed by atoms with E-state index in [1.807, 2.05) is 12.1 Å². The van der Waals surface area contributed by atoms with E-state index >= 15 is 0 Å². The third kappa shape index (κ3) is 2.66. The maximum Gasteiger partial charge on any atom is 0.259 e. The molecule has 1 aliphatic carbocycles. The highest BCUT2D eigenvalue weighted by atomic mass is 79.9. The van der Waals surface area contributed by atoms with Crippen LogP contribution in [0.3, 0.4) is 0 Å². The van der Waals surface area contributed by atoms with Crippen LogP contribution >= 0.6 is 15.9 Å². The summed E-state index contributed by atoms with van der Waals surface area (Å²) in [5.74, 6) is 0.565. The van der Waals surface area contributed by atoms with Crippen molar-refractivity contribution in [2.45, 2.75) is 24.9 Å². The summed E-state index contributed by atoms with van der Waals surface area (Å²) in [6, 6.07) is 6.08. The molecule has 23 heavy (non-hydrogen) atoms. The fourth-order valence-electron chi connectivity index (χ4n) is 2.86. The van der Waals surface area contributed by atoms with Gasteiger partial charge in [-0.05, 0) is 36.1 Å². The summed E-state index contributed by atoms with van der Waals surface area (Å²) >= 11 is 3.48. The molecule has 1 aromatic carbocycles. The van der Waals surface area contributed by atoms with Crippen molar-refractivity contribution in [1.29, 1.82) is 0 Å². The van der Waals surface area contributed by atoms with E-state index in [0.717, 1.165) is 16.5 Å². The van der Waals surface area contributed by atoms with Crippen LogP contribution in [0.4, 0.5) is 0 Å². The Balaban J connectivity index is 1.66. The largest absolute Gasteiger partial charge is 0.380 e. The second kappa shape index (κ2) is 5.50. The van der Waals surface area contributed by atoms with Crippen LogP contribution in [0.5, 0.6) is 0 Å². The lowest BCUT2D eigenvalue weighted by Crippen LogP contribution is -2.33. The molecule has 1 aliphatic rings. The first-order valence-corrected chi connectivity index (χ1v) is 8.04. The lowest BCUT2D eigenvalue weighted by molar-refractivity contribution is -0.00861. The predicted octanol–water partition coefficient (Wildman–Crippen LogP) is 2.67. The number of halogens is 1. The lowest BCUT2D eigenvalue weighted by Gasteiger charge is -2.30. The van der Waals surface area contributed by atoms with Crippen LogP contribution < -0.4 is 0 Å². The third-order valence-electron chi connectivity index (χ3n) is 4.08. The van der Waals surface area contributed by atoms with Crippen molar-refractivity contribution in [3.63, 3.8) is 0 Å². The normalized spacial score (nSPS) is 20.3. The van der Waals surface area contributed by atoms with Crippen molar-refractivity contribution < 1.29 is 9.63 Å². The smallest absolute Gasteiger partial charge is 0.259 e. The van der Waals surface area contributed by atoms with Gasteiger partial charge in [0.2, 0.25) is 5.82 Å². The summed E-state index contributed by atoms with van der Waals surface area (Å²) in [6.45, 7) is 0. The van der Waals surface area contributed by atoms with Crippen molar-refractivity contribution in [1.82, 2.24) is 20.1 Å². The van der Waals surface area contributed by atoms with Gasteiger partial charge in [0, 0.05) is 23.3 Å². The van der Waals surface area contributed by atoms with Gasteiger partial charge in [0.1, 0.15) is 11.3 Å². The molecule has 0 saturated heterocycles. The number of hydrogen-bond donors (Lipinski definition) is 1. The van der Waals surface area contributed by atoms with Crippen LogP contribution in [0.1, 0.15) is 23.4 Å². The highest BCUT2D eigenvalue weighted by molar-refractivity contribution is 9.10. The van der Waals surface area contributed by atoms with Crippen LogP contribution in [-0.4, -0.2) is 25.2 Å². The van der Waals surface area contributed by atoms with Crippen molar-refractivity contribution >= 4 is 15.9 Å². The summed E-state index contributed by atoms with van der Waals surface area (Å²) < 4.78 is 6.36. The minimum absolute atomic E-state index is 0.228. The summed E-state index contributed by atoms with van der Waals surface area (Å²) in [4.78, 5) is 12.5. The topological polar surface area (TPSA) is 84.9 Å². The molecule has 0 amide bonds. The van der Waals surface area contributed by atoms with Crippen LogP contribution in [-0.2, 0) is 18.4 Å². The van der Waals surface area contributed by atoms with Crippen LogP contribution in [0.25, 0.3) is 11.5 Å². The summed E-state index contributed by atoms with van der Waals surface area (Å²) in [5, 5.41) is 14.9. The number of rotatable bonds is 2. The molecule has 0 fully saturated rings. The maximum atomic E-state index is 11.0. The van der Waals surface area contributed by atoms with Crippen molar-refractivity contribution in [3.05, 3.63) is 58.3 Å². The fraction of sp³-hybridized carbons (Fsp3) is 0.250. The molecule has 116 valence electrons. The first-order valence-electron chi connectivity index (χ1n) is 7.24. The molecule has 6 nitrogen and oxygen atoms in total. The van der Waals surface area contributed by atoms with Gasteiger partial charge >= 0.3 is 0 Å². The monoisotopic (exact) mass is 372 g/mol. The maximum absolute atomic E-state index is 11.0. The number of aliphatic hydroxyl groups is 1. The molecule has 4 rings (SSSR count). The number of nitrogens with zero attached hydrogens (tertiary/aromatic N) is 4. The summed E-state index contributed by atoms with van der Waals surface area (Å²) in [5.41, 5.74) is 1.71. The molecule has 3 aromatic rings. The Morgan fingerprint density at radius 2 is 2.13 bits per heavy atom. The van der Waals surface area contributed by atoms with Gasteiger partial charge in [-0.25, -0.2) is 4.98 Å². The second-order valence-electron chi connectivity index (χ2n) is 5.64. The molecule has 0 bridgehead atoms. The van der Waals surface area contributed by atoms with Gasteiger partial charge in [-0.2, -0.15) is 4.98 Å². The molecular weight excluding hydrogens is 360 g/mol. The van der Waals surface area contributed by atoms with Crippen LogP contribution in [0.15, 0.2) is 45.8 Å². The lowest BCUT2D eigenvalue weighted by atomic mass is 9.80. The summed E-state index contributed by atoms with van der Waals surface area (Å²) in [6.07, 6.45) is 6.46. The van der Waals surface area contributed by atoms with Gasteiger partial charge in [-0.1, -0.05) is 27.2 Å². The average molecular weight is 373 g/mol. The zero-order chi connectivity index (χ0) is 15.9. The standard InChI is InChI=1S/C16H13BrN4O2/c17-12-2-1-11-8-16(22,4-3-10(11)7-12)15-20-14(21-23-15)13-9-18-5-6-19-13/h1-2,5-7,9,22H,3-4,8H2. The van der Waals surface area contributed by atoms with Gasteiger partial charge in [-0.15, -0.1) is 0 Å². The Morgan fingerprint density at radius 3 is 2.96 bits per heavy atom. The number of benzene rings is 1. The number of fused-ring (bicyclic) bond motifs is 1. The highest BCUT2D eigenvalue weighted by Crippen LogP contribution is 2.37. The number of aryl methyl sites for hydroxylation is 1. The minimum atomic E-state index is -1.14. The van der Waals surface area contributed by atoms with E-state index in [0.29, 0.717) is 24.4 Å². The van der Waals surface area contributed by atoms with E-state index < -0.39 is 5.60 Å². The number of aromatic nitrogens is 4. The molecule has 0 radical (unpaired) electrons. The second-order valence-corrected chi connectivity index (χ2v) is 6.55. The molecule has 1 atom stereocenters. The van der Waals surface area contributed by atoms with E-state index in [9.17, 15) is 5.11 Å². The Bertz CT molecular complexity index is 852. The zero-order valence-electron chi connectivity index (χ0n) is 12.1.